The predicted octanol–water partition coefficient (Wildman–Crippen LogP) is 1.81. The van der Waals surface area contributed by atoms with E-state index in [2.05, 4.69) is 4.90 Å². The third kappa shape index (κ3) is 2.55. The standard InChI is InChI=1S/C15H19ClN2O2/c1-11-3-2-4-13(16)14(11)15(19)18-9-12(10-18)17-5-7-20-8-6-17/h2-4,12H,5-10H2,1H3. The Morgan fingerprint density at radius 1 is 1.30 bits per heavy atom. The minimum absolute atomic E-state index is 0.0533. The Balaban J connectivity index is 1.63. The van der Waals surface area contributed by atoms with Crippen molar-refractivity contribution in [3.63, 3.8) is 0 Å². The van der Waals surface area contributed by atoms with Crippen molar-refractivity contribution in [1.82, 2.24) is 9.80 Å². The Bertz CT molecular complexity index is 488. The van der Waals surface area contributed by atoms with Gasteiger partial charge in [-0.1, -0.05) is 23.7 Å². The monoisotopic (exact) mass is 294 g/mol. The van der Waals surface area contributed by atoms with Gasteiger partial charge in [-0.05, 0) is 18.6 Å². The summed E-state index contributed by atoms with van der Waals surface area (Å²) in [6.07, 6.45) is 0. The first-order valence-corrected chi connectivity index (χ1v) is 7.41. The largest absolute Gasteiger partial charge is 0.379 e. The number of hydrogen-bond acceptors (Lipinski definition) is 3. The summed E-state index contributed by atoms with van der Waals surface area (Å²) in [6.45, 7) is 7.06. The van der Waals surface area contributed by atoms with Gasteiger partial charge in [0.05, 0.1) is 23.8 Å². The minimum atomic E-state index is 0.0533. The summed E-state index contributed by atoms with van der Waals surface area (Å²) in [5, 5.41) is 0.546. The normalized spacial score (nSPS) is 20.8. The van der Waals surface area contributed by atoms with Gasteiger partial charge in [-0.3, -0.25) is 9.69 Å². The van der Waals surface area contributed by atoms with E-state index >= 15 is 0 Å². The van der Waals surface area contributed by atoms with E-state index in [0.717, 1.165) is 45.0 Å². The molecule has 0 aliphatic carbocycles. The van der Waals surface area contributed by atoms with E-state index in [9.17, 15) is 4.79 Å². The number of halogens is 1. The smallest absolute Gasteiger partial charge is 0.255 e. The number of carbonyl (C=O) groups is 1. The van der Waals surface area contributed by atoms with Crippen molar-refractivity contribution in [3.05, 3.63) is 34.3 Å². The molecule has 2 saturated heterocycles. The highest BCUT2D eigenvalue weighted by molar-refractivity contribution is 6.34. The molecule has 4 nitrogen and oxygen atoms in total. The van der Waals surface area contributed by atoms with Crippen LogP contribution in [0.4, 0.5) is 0 Å². The third-order valence-electron chi connectivity index (χ3n) is 4.15. The number of amides is 1. The molecule has 0 spiro atoms. The van der Waals surface area contributed by atoms with Crippen LogP contribution >= 0.6 is 11.6 Å². The van der Waals surface area contributed by atoms with Crippen molar-refractivity contribution in [3.8, 4) is 0 Å². The topological polar surface area (TPSA) is 32.8 Å². The predicted molar refractivity (Wildman–Crippen MR) is 78.3 cm³/mol. The Labute approximate surface area is 124 Å². The number of benzene rings is 1. The number of hydrogen-bond donors (Lipinski definition) is 0. The van der Waals surface area contributed by atoms with Gasteiger partial charge in [0.1, 0.15) is 0 Å². The molecule has 20 heavy (non-hydrogen) atoms. The molecule has 108 valence electrons. The number of rotatable bonds is 2. The molecule has 2 heterocycles. The molecule has 3 rings (SSSR count). The SMILES string of the molecule is Cc1cccc(Cl)c1C(=O)N1CC(N2CCOCC2)C1. The Hall–Kier alpha value is -1.10. The van der Waals surface area contributed by atoms with E-state index in [1.807, 2.05) is 24.0 Å². The first kappa shape index (κ1) is 13.9. The lowest BCUT2D eigenvalue weighted by molar-refractivity contribution is -0.0256. The summed E-state index contributed by atoms with van der Waals surface area (Å²) in [4.78, 5) is 16.8. The van der Waals surface area contributed by atoms with Gasteiger partial charge < -0.3 is 9.64 Å². The summed E-state index contributed by atoms with van der Waals surface area (Å²) < 4.78 is 5.35. The van der Waals surface area contributed by atoms with Crippen LogP contribution in [0.3, 0.4) is 0 Å². The van der Waals surface area contributed by atoms with Crippen LogP contribution in [0.1, 0.15) is 15.9 Å². The van der Waals surface area contributed by atoms with Crippen LogP contribution in [-0.4, -0.2) is 61.1 Å². The van der Waals surface area contributed by atoms with Gasteiger partial charge in [0, 0.05) is 32.2 Å². The molecule has 5 heteroatoms. The van der Waals surface area contributed by atoms with Crippen LogP contribution in [0.5, 0.6) is 0 Å². The average molecular weight is 295 g/mol. The third-order valence-corrected chi connectivity index (χ3v) is 4.46. The molecule has 0 unspecified atom stereocenters. The van der Waals surface area contributed by atoms with E-state index in [0.29, 0.717) is 16.6 Å². The highest BCUT2D eigenvalue weighted by atomic mass is 35.5. The maximum atomic E-state index is 12.5. The fraction of sp³-hybridized carbons (Fsp3) is 0.533. The van der Waals surface area contributed by atoms with E-state index < -0.39 is 0 Å². The zero-order chi connectivity index (χ0) is 14.1. The molecule has 2 aliphatic heterocycles. The van der Waals surface area contributed by atoms with Gasteiger partial charge in [0.2, 0.25) is 0 Å². The van der Waals surface area contributed by atoms with Crippen LogP contribution < -0.4 is 0 Å². The van der Waals surface area contributed by atoms with Crippen molar-refractivity contribution in [2.75, 3.05) is 39.4 Å². The quantitative estimate of drug-likeness (QED) is 0.834. The molecule has 0 atom stereocenters. The zero-order valence-corrected chi connectivity index (χ0v) is 12.4. The summed E-state index contributed by atoms with van der Waals surface area (Å²) in [7, 11) is 0. The molecule has 0 aromatic heterocycles. The Kier molecular flexibility index (Phi) is 3.96. The molecule has 1 aromatic carbocycles. The van der Waals surface area contributed by atoms with Crippen molar-refractivity contribution in [2.45, 2.75) is 13.0 Å². The molecule has 0 saturated carbocycles. The second-order valence-electron chi connectivity index (χ2n) is 5.44. The van der Waals surface area contributed by atoms with E-state index in [-0.39, 0.29) is 5.91 Å². The van der Waals surface area contributed by atoms with Gasteiger partial charge in [-0.25, -0.2) is 0 Å². The average Bonchev–Trinajstić information content (AvgIpc) is 2.38. The minimum Gasteiger partial charge on any atom is -0.379 e. The molecule has 2 fully saturated rings. The highest BCUT2D eigenvalue weighted by Gasteiger charge is 2.36. The first-order valence-electron chi connectivity index (χ1n) is 7.03. The number of carbonyl (C=O) groups excluding carboxylic acids is 1. The van der Waals surface area contributed by atoms with Crippen LogP contribution in [0.2, 0.25) is 5.02 Å². The molecule has 1 amide bonds. The van der Waals surface area contributed by atoms with Gasteiger partial charge >= 0.3 is 0 Å². The summed E-state index contributed by atoms with van der Waals surface area (Å²) >= 11 is 6.16. The highest BCUT2D eigenvalue weighted by Crippen LogP contribution is 2.25. The number of nitrogens with zero attached hydrogens (tertiary/aromatic N) is 2. The van der Waals surface area contributed by atoms with Crippen LogP contribution in [0.15, 0.2) is 18.2 Å². The lowest BCUT2D eigenvalue weighted by atomic mass is 10.0. The van der Waals surface area contributed by atoms with Crippen LogP contribution in [0, 0.1) is 6.92 Å². The summed E-state index contributed by atoms with van der Waals surface area (Å²) in [5.74, 6) is 0.0533. The van der Waals surface area contributed by atoms with Gasteiger partial charge in [-0.2, -0.15) is 0 Å². The van der Waals surface area contributed by atoms with Crippen molar-refractivity contribution >= 4 is 17.5 Å². The maximum Gasteiger partial charge on any atom is 0.255 e. The van der Waals surface area contributed by atoms with Gasteiger partial charge in [0.15, 0.2) is 0 Å². The fourth-order valence-electron chi connectivity index (χ4n) is 2.86. The molecule has 0 radical (unpaired) electrons. The summed E-state index contributed by atoms with van der Waals surface area (Å²) in [6, 6.07) is 6.06. The number of morpholine rings is 1. The zero-order valence-electron chi connectivity index (χ0n) is 11.6. The van der Waals surface area contributed by atoms with E-state index in [1.54, 1.807) is 6.07 Å². The van der Waals surface area contributed by atoms with Crippen LogP contribution in [0.25, 0.3) is 0 Å². The molecule has 2 aliphatic rings. The van der Waals surface area contributed by atoms with Crippen LogP contribution in [-0.2, 0) is 4.74 Å². The molecule has 0 N–H and O–H groups in total. The Morgan fingerprint density at radius 3 is 2.65 bits per heavy atom. The van der Waals surface area contributed by atoms with Crippen molar-refractivity contribution in [2.24, 2.45) is 0 Å². The lowest BCUT2D eigenvalue weighted by Gasteiger charge is -2.46. The van der Waals surface area contributed by atoms with Crippen molar-refractivity contribution < 1.29 is 9.53 Å². The van der Waals surface area contributed by atoms with Gasteiger partial charge in [0.25, 0.3) is 5.91 Å². The molecular weight excluding hydrogens is 276 g/mol. The summed E-state index contributed by atoms with van der Waals surface area (Å²) in [5.41, 5.74) is 1.59. The fourth-order valence-corrected chi connectivity index (χ4v) is 3.16. The second-order valence-corrected chi connectivity index (χ2v) is 5.85. The molecular formula is C15H19ClN2O2. The second kappa shape index (κ2) is 5.72. The molecule has 0 bridgehead atoms. The number of ether oxygens (including phenoxy) is 1. The molecule has 1 aromatic rings. The Morgan fingerprint density at radius 2 is 2.00 bits per heavy atom. The van der Waals surface area contributed by atoms with Crippen molar-refractivity contribution in [1.29, 1.82) is 0 Å². The number of aryl methyl sites for hydroxylation is 1. The first-order chi connectivity index (χ1) is 9.66. The van der Waals surface area contributed by atoms with Gasteiger partial charge in [-0.15, -0.1) is 0 Å². The maximum absolute atomic E-state index is 12.5. The number of likely N-dealkylation sites (tertiary alicyclic amines) is 1. The lowest BCUT2D eigenvalue weighted by Crippen LogP contribution is -2.62. The van der Waals surface area contributed by atoms with E-state index in [1.165, 1.54) is 0 Å². The van der Waals surface area contributed by atoms with E-state index in [4.69, 9.17) is 16.3 Å².